The summed E-state index contributed by atoms with van der Waals surface area (Å²) in [6.07, 6.45) is 1.59. The van der Waals surface area contributed by atoms with Crippen LogP contribution in [-0.2, 0) is 4.79 Å². The van der Waals surface area contributed by atoms with Crippen LogP contribution in [0.2, 0.25) is 0 Å². The number of halogens is 2. The van der Waals surface area contributed by atoms with Crippen LogP contribution in [0.1, 0.15) is 65.8 Å². The van der Waals surface area contributed by atoms with Crippen LogP contribution < -0.4 is 10.6 Å². The standard InChI is InChI=1S/C30H31F2N3O3/c1-30(2,3)29(38)34-24-11-6-21(7-12-24)28(37)35-16-14-20(15-17-35)19-4-9-23(10-5-19)33-27(36)25-18-22(31)8-13-26(25)32/h4-13,18,20H,14-17H2,1-3H3,(H,33,36)(H,34,38). The third-order valence-electron chi connectivity index (χ3n) is 6.67. The molecule has 8 heteroatoms. The molecule has 38 heavy (non-hydrogen) atoms. The van der Waals surface area contributed by atoms with Crippen LogP contribution in [0.4, 0.5) is 20.2 Å². The Bertz CT molecular complexity index is 1320. The molecular formula is C30H31F2N3O3. The number of piperidine rings is 1. The summed E-state index contributed by atoms with van der Waals surface area (Å²) in [6, 6.07) is 17.0. The maximum Gasteiger partial charge on any atom is 0.258 e. The van der Waals surface area contributed by atoms with Crippen LogP contribution in [0.15, 0.2) is 66.7 Å². The Morgan fingerprint density at radius 1 is 0.816 bits per heavy atom. The topological polar surface area (TPSA) is 78.5 Å². The van der Waals surface area contributed by atoms with Crippen molar-refractivity contribution in [2.75, 3.05) is 23.7 Å². The molecular weight excluding hydrogens is 488 g/mol. The van der Waals surface area contributed by atoms with Crippen molar-refractivity contribution in [3.05, 3.63) is 95.1 Å². The van der Waals surface area contributed by atoms with Crippen molar-refractivity contribution in [3.63, 3.8) is 0 Å². The molecule has 0 unspecified atom stereocenters. The number of hydrogen-bond acceptors (Lipinski definition) is 3. The molecule has 1 fully saturated rings. The zero-order valence-electron chi connectivity index (χ0n) is 21.7. The first-order valence-corrected chi connectivity index (χ1v) is 12.6. The monoisotopic (exact) mass is 519 g/mol. The van der Waals surface area contributed by atoms with Crippen molar-refractivity contribution in [3.8, 4) is 0 Å². The van der Waals surface area contributed by atoms with Crippen molar-refractivity contribution in [1.29, 1.82) is 0 Å². The summed E-state index contributed by atoms with van der Waals surface area (Å²) in [5, 5.41) is 5.46. The van der Waals surface area contributed by atoms with E-state index in [-0.39, 0.29) is 23.3 Å². The molecule has 1 aliphatic heterocycles. The summed E-state index contributed by atoms with van der Waals surface area (Å²) in [4.78, 5) is 39.3. The first-order valence-electron chi connectivity index (χ1n) is 12.6. The second-order valence-corrected chi connectivity index (χ2v) is 10.5. The fourth-order valence-corrected chi connectivity index (χ4v) is 4.32. The van der Waals surface area contributed by atoms with Crippen molar-refractivity contribution in [2.24, 2.45) is 5.41 Å². The minimum Gasteiger partial charge on any atom is -0.339 e. The summed E-state index contributed by atoms with van der Waals surface area (Å²) in [5.41, 5.74) is 1.95. The fraction of sp³-hybridized carbons (Fsp3) is 0.300. The molecule has 6 nitrogen and oxygen atoms in total. The number of amides is 3. The van der Waals surface area contributed by atoms with Crippen molar-refractivity contribution >= 4 is 29.1 Å². The maximum atomic E-state index is 13.9. The lowest BCUT2D eigenvalue weighted by atomic mass is 9.89. The molecule has 2 N–H and O–H groups in total. The molecule has 3 aromatic carbocycles. The largest absolute Gasteiger partial charge is 0.339 e. The third kappa shape index (κ3) is 6.43. The van der Waals surface area contributed by atoms with Gasteiger partial charge in [0, 0.05) is 35.4 Å². The lowest BCUT2D eigenvalue weighted by molar-refractivity contribution is -0.123. The van der Waals surface area contributed by atoms with Gasteiger partial charge in [-0.1, -0.05) is 32.9 Å². The Kier molecular flexibility index (Phi) is 7.90. The van der Waals surface area contributed by atoms with Gasteiger partial charge in [-0.2, -0.15) is 0 Å². The van der Waals surface area contributed by atoms with Crippen LogP contribution in [-0.4, -0.2) is 35.7 Å². The van der Waals surface area contributed by atoms with E-state index in [1.807, 2.05) is 37.8 Å². The highest BCUT2D eigenvalue weighted by Gasteiger charge is 2.25. The van der Waals surface area contributed by atoms with Crippen molar-refractivity contribution in [2.45, 2.75) is 39.5 Å². The van der Waals surface area contributed by atoms with E-state index in [1.54, 1.807) is 36.4 Å². The van der Waals surface area contributed by atoms with Gasteiger partial charge in [0.05, 0.1) is 5.56 Å². The van der Waals surface area contributed by atoms with E-state index in [0.29, 0.717) is 30.0 Å². The Morgan fingerprint density at radius 2 is 1.39 bits per heavy atom. The molecule has 3 amide bonds. The molecule has 198 valence electrons. The van der Waals surface area contributed by atoms with Gasteiger partial charge >= 0.3 is 0 Å². The number of anilines is 2. The van der Waals surface area contributed by atoms with Gasteiger partial charge in [0.2, 0.25) is 5.91 Å². The third-order valence-corrected chi connectivity index (χ3v) is 6.67. The van der Waals surface area contributed by atoms with Crippen LogP contribution >= 0.6 is 0 Å². The van der Waals surface area contributed by atoms with E-state index in [0.717, 1.165) is 36.6 Å². The van der Waals surface area contributed by atoms with Gasteiger partial charge in [0.1, 0.15) is 11.6 Å². The minimum absolute atomic E-state index is 0.0419. The lowest BCUT2D eigenvalue weighted by Gasteiger charge is -2.32. The highest BCUT2D eigenvalue weighted by Crippen LogP contribution is 2.30. The zero-order valence-corrected chi connectivity index (χ0v) is 21.7. The minimum atomic E-state index is -0.787. The van der Waals surface area contributed by atoms with Gasteiger partial charge in [-0.25, -0.2) is 8.78 Å². The molecule has 1 heterocycles. The molecule has 4 rings (SSSR count). The second-order valence-electron chi connectivity index (χ2n) is 10.5. The maximum absolute atomic E-state index is 13.9. The van der Waals surface area contributed by atoms with E-state index >= 15 is 0 Å². The first kappa shape index (κ1) is 27.0. The van der Waals surface area contributed by atoms with Gasteiger partial charge in [-0.05, 0) is 78.9 Å². The van der Waals surface area contributed by atoms with Crippen molar-refractivity contribution < 1.29 is 23.2 Å². The quantitative estimate of drug-likeness (QED) is 0.420. The van der Waals surface area contributed by atoms with Crippen LogP contribution in [0.25, 0.3) is 0 Å². The SMILES string of the molecule is CC(C)(C)C(=O)Nc1ccc(C(=O)N2CCC(c3ccc(NC(=O)c4cc(F)ccc4F)cc3)CC2)cc1. The average molecular weight is 520 g/mol. The highest BCUT2D eigenvalue weighted by atomic mass is 19.1. The van der Waals surface area contributed by atoms with Gasteiger partial charge in [-0.15, -0.1) is 0 Å². The number of nitrogens with zero attached hydrogens (tertiary/aromatic N) is 1. The number of carbonyl (C=O) groups excluding carboxylic acids is 3. The van der Waals surface area contributed by atoms with Crippen LogP contribution in [0, 0.1) is 17.0 Å². The first-order chi connectivity index (χ1) is 18.0. The summed E-state index contributed by atoms with van der Waals surface area (Å²) >= 11 is 0. The second kappa shape index (κ2) is 11.1. The summed E-state index contributed by atoms with van der Waals surface area (Å²) in [5.74, 6) is -2.05. The van der Waals surface area contributed by atoms with E-state index in [9.17, 15) is 23.2 Å². The highest BCUT2D eigenvalue weighted by molar-refractivity contribution is 6.04. The number of rotatable bonds is 5. The summed E-state index contributed by atoms with van der Waals surface area (Å²) < 4.78 is 27.2. The fourth-order valence-electron chi connectivity index (χ4n) is 4.32. The molecule has 0 saturated carbocycles. The Balaban J connectivity index is 1.30. The molecule has 1 saturated heterocycles. The van der Waals surface area contributed by atoms with Gasteiger partial charge in [-0.3, -0.25) is 14.4 Å². The molecule has 0 bridgehead atoms. The molecule has 0 aromatic heterocycles. The molecule has 0 radical (unpaired) electrons. The Labute approximate surface area is 221 Å². The molecule has 0 spiro atoms. The predicted octanol–water partition coefficient (Wildman–Crippen LogP) is 6.22. The number of carbonyl (C=O) groups is 3. The lowest BCUT2D eigenvalue weighted by Crippen LogP contribution is -2.37. The average Bonchev–Trinajstić information content (AvgIpc) is 2.90. The molecule has 0 atom stereocenters. The van der Waals surface area contributed by atoms with Crippen LogP contribution in [0.3, 0.4) is 0 Å². The summed E-state index contributed by atoms with van der Waals surface area (Å²) in [7, 11) is 0. The van der Waals surface area contributed by atoms with Gasteiger partial charge < -0.3 is 15.5 Å². The number of benzene rings is 3. The van der Waals surface area contributed by atoms with Crippen molar-refractivity contribution in [1.82, 2.24) is 4.90 Å². The number of likely N-dealkylation sites (tertiary alicyclic amines) is 1. The molecule has 1 aliphatic rings. The van der Waals surface area contributed by atoms with E-state index in [4.69, 9.17) is 0 Å². The Morgan fingerprint density at radius 3 is 2.00 bits per heavy atom. The van der Waals surface area contributed by atoms with E-state index in [1.165, 1.54) is 0 Å². The number of nitrogens with one attached hydrogen (secondary N) is 2. The zero-order chi connectivity index (χ0) is 27.4. The Hall–Kier alpha value is -4.07. The van der Waals surface area contributed by atoms with E-state index in [2.05, 4.69) is 10.6 Å². The molecule has 3 aromatic rings. The van der Waals surface area contributed by atoms with Gasteiger partial charge in [0.15, 0.2) is 0 Å². The normalized spacial score (nSPS) is 14.2. The van der Waals surface area contributed by atoms with Gasteiger partial charge in [0.25, 0.3) is 11.8 Å². The number of hydrogen-bond donors (Lipinski definition) is 2. The summed E-state index contributed by atoms with van der Waals surface area (Å²) in [6.45, 7) is 6.75. The predicted molar refractivity (Wildman–Crippen MR) is 143 cm³/mol. The molecule has 0 aliphatic carbocycles. The smallest absolute Gasteiger partial charge is 0.258 e. The van der Waals surface area contributed by atoms with Crippen LogP contribution in [0.5, 0.6) is 0 Å². The van der Waals surface area contributed by atoms with E-state index < -0.39 is 23.0 Å².